The highest BCUT2D eigenvalue weighted by Gasteiger charge is 2.36. The number of hydrogen-bond donors (Lipinski definition) is 0. The van der Waals surface area contributed by atoms with Gasteiger partial charge in [-0.3, -0.25) is 9.78 Å². The zero-order chi connectivity index (χ0) is 24.3. The maximum Gasteiger partial charge on any atom is 0.340 e. The van der Waals surface area contributed by atoms with Gasteiger partial charge in [-0.05, 0) is 51.0 Å². The Morgan fingerprint density at radius 3 is 2.47 bits per heavy atom. The number of ether oxygens (including phenoxy) is 2. The van der Waals surface area contributed by atoms with Gasteiger partial charge in [0, 0.05) is 19.1 Å². The van der Waals surface area contributed by atoms with Crippen LogP contribution in [0.25, 0.3) is 0 Å². The first-order valence-electron chi connectivity index (χ1n) is 11.3. The first-order chi connectivity index (χ1) is 15.1. The first-order valence-corrected chi connectivity index (χ1v) is 11.3. The van der Waals surface area contributed by atoms with Crippen molar-refractivity contribution < 1.29 is 19.1 Å². The number of aromatic nitrogens is 1. The summed E-state index contributed by atoms with van der Waals surface area (Å²) in [6, 6.07) is 0. The molecule has 0 spiro atoms. The number of Topliss-reactive ketones (excluding diaryl/α,β-unsaturated/α-hetero) is 1. The Labute approximate surface area is 193 Å². The van der Waals surface area contributed by atoms with E-state index in [0.29, 0.717) is 36.1 Å². The van der Waals surface area contributed by atoms with Crippen LogP contribution in [0.5, 0.6) is 0 Å². The summed E-state index contributed by atoms with van der Waals surface area (Å²) in [5.41, 5.74) is 3.21. The molecule has 1 atom stereocenters. The van der Waals surface area contributed by atoms with E-state index in [1.54, 1.807) is 20.1 Å². The van der Waals surface area contributed by atoms with Crippen molar-refractivity contribution in [2.24, 2.45) is 5.41 Å². The van der Waals surface area contributed by atoms with Gasteiger partial charge >= 0.3 is 5.97 Å². The highest BCUT2D eigenvalue weighted by molar-refractivity contribution is 6.04. The molecule has 5 heteroatoms. The number of rotatable bonds is 8. The number of hydrogen-bond acceptors (Lipinski definition) is 5. The van der Waals surface area contributed by atoms with Gasteiger partial charge in [0.1, 0.15) is 0 Å². The zero-order valence-electron chi connectivity index (χ0n) is 20.8. The number of carbonyl (C=O) groups excluding carboxylic acids is 2. The van der Waals surface area contributed by atoms with E-state index in [9.17, 15) is 9.59 Å². The van der Waals surface area contributed by atoms with E-state index in [1.165, 1.54) is 0 Å². The number of aryl methyl sites for hydroxylation is 1. The molecule has 1 heterocycles. The second-order valence-corrected chi connectivity index (χ2v) is 8.61. The van der Waals surface area contributed by atoms with Crippen LogP contribution in [0.3, 0.4) is 0 Å². The van der Waals surface area contributed by atoms with Crippen molar-refractivity contribution in [3.8, 4) is 0 Å². The molecule has 5 nitrogen and oxygen atoms in total. The van der Waals surface area contributed by atoms with E-state index >= 15 is 0 Å². The van der Waals surface area contributed by atoms with Gasteiger partial charge in [-0.15, -0.1) is 6.58 Å². The maximum atomic E-state index is 13.0. The summed E-state index contributed by atoms with van der Waals surface area (Å²) >= 11 is 0. The number of allylic oxidation sites excluding steroid dienone is 4. The molecule has 0 bridgehead atoms. The third kappa shape index (κ3) is 7.56. The number of ketones is 1. The fraction of sp³-hybridized carbons (Fsp3) is 0.519. The summed E-state index contributed by atoms with van der Waals surface area (Å²) in [6.07, 6.45) is 11.8. The number of esters is 1. The van der Waals surface area contributed by atoms with Crippen molar-refractivity contribution in [3.05, 3.63) is 65.0 Å². The van der Waals surface area contributed by atoms with Gasteiger partial charge in [-0.25, -0.2) is 4.79 Å². The average Bonchev–Trinajstić information content (AvgIpc) is 2.72. The molecule has 0 saturated carbocycles. The lowest BCUT2D eigenvalue weighted by molar-refractivity contribution is 0.0523. The molecule has 176 valence electrons. The fourth-order valence-corrected chi connectivity index (χ4v) is 3.71. The van der Waals surface area contributed by atoms with Crippen molar-refractivity contribution in [2.45, 2.75) is 73.3 Å². The summed E-state index contributed by atoms with van der Waals surface area (Å²) in [6.45, 7) is 15.4. The fourth-order valence-electron chi connectivity index (χ4n) is 3.71. The van der Waals surface area contributed by atoms with E-state index in [0.717, 1.165) is 17.7 Å². The Bertz CT molecular complexity index is 865. The Hall–Kier alpha value is -2.53. The molecule has 0 N–H and O–H groups in total. The Kier molecular flexibility index (Phi) is 11.3. The van der Waals surface area contributed by atoms with Gasteiger partial charge in [-0.1, -0.05) is 51.2 Å². The second kappa shape index (κ2) is 13.1. The predicted octanol–water partition coefficient (Wildman–Crippen LogP) is 5.86. The number of pyridine rings is 1. The van der Waals surface area contributed by atoms with E-state index in [4.69, 9.17) is 14.5 Å². The molecule has 0 radical (unpaired) electrons. The van der Waals surface area contributed by atoms with Gasteiger partial charge in [-0.2, -0.15) is 0 Å². The highest BCUT2D eigenvalue weighted by Crippen LogP contribution is 2.37. The molecule has 0 aliphatic heterocycles. The molecule has 1 aliphatic rings. The predicted molar refractivity (Wildman–Crippen MR) is 130 cm³/mol. The van der Waals surface area contributed by atoms with Crippen LogP contribution in [0.1, 0.15) is 85.6 Å². The summed E-state index contributed by atoms with van der Waals surface area (Å²) in [4.78, 5) is 30.5. The van der Waals surface area contributed by atoms with Gasteiger partial charge in [0.05, 0.1) is 29.7 Å². The SMILES string of the molecule is C=CC.CCOC(=O)c1c(CC)nc2c(c1C/C=C\C=C/C(C)OC)C(=O)CC(C)(C)C2. The Morgan fingerprint density at radius 2 is 1.91 bits per heavy atom. The minimum atomic E-state index is -0.399. The Balaban J connectivity index is 0.00000161. The minimum absolute atomic E-state index is 0.0268. The summed E-state index contributed by atoms with van der Waals surface area (Å²) in [5.74, 6) is -0.340. The standard InChI is InChI=1S/C24H33NO4.C3H6/c1-7-18-22(23(27)29-8-2)17(13-11-9-10-12-16(3)28-6)21-19(25-18)14-24(4,5)15-20(21)26;1-3-2/h9-12,16H,7-8,13-15H2,1-6H3;3H,1H2,2H3/b11-9-,12-10-;. The number of fused-ring (bicyclic) bond motifs is 1. The van der Waals surface area contributed by atoms with Crippen molar-refractivity contribution in [1.29, 1.82) is 0 Å². The average molecular weight is 442 g/mol. The van der Waals surface area contributed by atoms with Crippen LogP contribution < -0.4 is 0 Å². The van der Waals surface area contributed by atoms with Crippen molar-refractivity contribution >= 4 is 11.8 Å². The van der Waals surface area contributed by atoms with Crippen molar-refractivity contribution in [1.82, 2.24) is 4.98 Å². The lowest BCUT2D eigenvalue weighted by Gasteiger charge is -2.31. The number of nitrogens with zero attached hydrogens (tertiary/aromatic N) is 1. The van der Waals surface area contributed by atoms with E-state index in [1.807, 2.05) is 45.1 Å². The molecular weight excluding hydrogens is 402 g/mol. The third-order valence-electron chi connectivity index (χ3n) is 5.15. The van der Waals surface area contributed by atoms with Crippen LogP contribution in [-0.4, -0.2) is 36.6 Å². The van der Waals surface area contributed by atoms with Crippen LogP contribution >= 0.6 is 0 Å². The summed E-state index contributed by atoms with van der Waals surface area (Å²) in [5, 5.41) is 0. The molecule has 0 fully saturated rings. The van der Waals surface area contributed by atoms with Gasteiger partial charge in [0.25, 0.3) is 0 Å². The van der Waals surface area contributed by atoms with Gasteiger partial charge in [0.2, 0.25) is 0 Å². The second-order valence-electron chi connectivity index (χ2n) is 8.61. The molecule has 1 aliphatic carbocycles. The normalized spacial score (nSPS) is 15.8. The van der Waals surface area contributed by atoms with Crippen LogP contribution in [0.2, 0.25) is 0 Å². The molecule has 0 saturated heterocycles. The van der Waals surface area contributed by atoms with Crippen LogP contribution in [0.15, 0.2) is 37.0 Å². The highest BCUT2D eigenvalue weighted by atomic mass is 16.5. The van der Waals surface area contributed by atoms with Crippen LogP contribution in [-0.2, 0) is 28.7 Å². The Morgan fingerprint density at radius 1 is 1.25 bits per heavy atom. The van der Waals surface area contributed by atoms with Crippen LogP contribution in [0, 0.1) is 5.41 Å². The monoisotopic (exact) mass is 441 g/mol. The van der Waals surface area contributed by atoms with E-state index in [2.05, 4.69) is 20.4 Å². The van der Waals surface area contributed by atoms with Gasteiger partial charge in [0.15, 0.2) is 5.78 Å². The molecule has 1 aromatic rings. The van der Waals surface area contributed by atoms with Crippen molar-refractivity contribution in [2.75, 3.05) is 13.7 Å². The number of carbonyl (C=O) groups is 2. The molecule has 0 amide bonds. The quantitative estimate of drug-likeness (QED) is 0.287. The largest absolute Gasteiger partial charge is 0.462 e. The summed E-state index contributed by atoms with van der Waals surface area (Å²) in [7, 11) is 1.66. The molecular formula is C27H39NO4. The molecule has 2 rings (SSSR count). The third-order valence-corrected chi connectivity index (χ3v) is 5.15. The molecule has 0 aromatic carbocycles. The smallest absolute Gasteiger partial charge is 0.340 e. The first kappa shape index (κ1) is 27.5. The van der Waals surface area contributed by atoms with Crippen LogP contribution in [0.4, 0.5) is 0 Å². The molecule has 1 unspecified atom stereocenters. The zero-order valence-corrected chi connectivity index (χ0v) is 20.8. The lowest BCUT2D eigenvalue weighted by Crippen LogP contribution is -2.31. The molecule has 1 aromatic heterocycles. The lowest BCUT2D eigenvalue weighted by atomic mass is 9.73. The number of methoxy groups -OCH3 is 1. The summed E-state index contributed by atoms with van der Waals surface area (Å²) < 4.78 is 10.5. The van der Waals surface area contributed by atoms with E-state index < -0.39 is 5.97 Å². The maximum absolute atomic E-state index is 13.0. The van der Waals surface area contributed by atoms with Gasteiger partial charge < -0.3 is 9.47 Å². The van der Waals surface area contributed by atoms with Crippen molar-refractivity contribution in [3.63, 3.8) is 0 Å². The topological polar surface area (TPSA) is 65.5 Å². The molecule has 32 heavy (non-hydrogen) atoms. The minimum Gasteiger partial charge on any atom is -0.462 e. The van der Waals surface area contributed by atoms with E-state index in [-0.39, 0.29) is 23.9 Å².